The third-order valence-corrected chi connectivity index (χ3v) is 3.24. The van der Waals surface area contributed by atoms with Crippen LogP contribution in [0.4, 0.5) is 0 Å². The van der Waals surface area contributed by atoms with E-state index in [9.17, 15) is 4.79 Å². The zero-order valence-electron chi connectivity index (χ0n) is 8.38. The third kappa shape index (κ3) is 2.24. The molecule has 1 aromatic rings. The molecule has 2 rings (SSSR count). The molecule has 0 spiro atoms. The summed E-state index contributed by atoms with van der Waals surface area (Å²) >= 11 is 1.40. The fourth-order valence-corrected chi connectivity index (χ4v) is 2.32. The van der Waals surface area contributed by atoms with Crippen LogP contribution in [0, 0.1) is 12.3 Å². The summed E-state index contributed by atoms with van der Waals surface area (Å²) in [5.41, 5.74) is 1.84. The van der Waals surface area contributed by atoms with Gasteiger partial charge in [-0.25, -0.2) is 4.98 Å². The number of hydrogen-bond donors (Lipinski definition) is 1. The van der Waals surface area contributed by atoms with Gasteiger partial charge in [0.2, 0.25) is 0 Å². The van der Waals surface area contributed by atoms with Gasteiger partial charge in [-0.1, -0.05) is 17.7 Å². The highest BCUT2D eigenvalue weighted by Gasteiger charge is 2.15. The van der Waals surface area contributed by atoms with Crippen molar-refractivity contribution in [2.24, 2.45) is 0 Å². The Kier molecular flexibility index (Phi) is 3.12. The van der Waals surface area contributed by atoms with E-state index in [1.165, 1.54) is 11.8 Å². The Morgan fingerprint density at radius 2 is 2.27 bits per heavy atom. The summed E-state index contributed by atoms with van der Waals surface area (Å²) in [5, 5.41) is 0.651. The first-order valence-corrected chi connectivity index (χ1v) is 5.98. The van der Waals surface area contributed by atoms with Gasteiger partial charge < -0.3 is 4.98 Å². The van der Waals surface area contributed by atoms with Crippen LogP contribution in [0.25, 0.3) is 0 Å². The second-order valence-electron chi connectivity index (χ2n) is 3.50. The molecule has 1 N–H and O–H groups in total. The molecule has 0 fully saturated rings. The lowest BCUT2D eigenvalue weighted by atomic mass is 9.97. The van der Waals surface area contributed by atoms with Crippen molar-refractivity contribution in [2.45, 2.75) is 30.8 Å². The van der Waals surface area contributed by atoms with E-state index >= 15 is 0 Å². The number of hydrogen-bond acceptors (Lipinski definition) is 3. The molecule has 1 aliphatic carbocycles. The molecule has 1 heterocycles. The summed E-state index contributed by atoms with van der Waals surface area (Å²) in [7, 11) is 0. The lowest BCUT2D eigenvalue weighted by Crippen LogP contribution is -2.21. The number of thioether (sulfide) groups is 1. The number of aryl methyl sites for hydroxylation is 1. The molecular weight excluding hydrogens is 208 g/mol. The number of aromatic amines is 1. The number of nitrogens with one attached hydrogen (secondary N) is 1. The smallest absolute Gasteiger partial charge is 0.254 e. The molecule has 0 amide bonds. The van der Waals surface area contributed by atoms with Crippen molar-refractivity contribution in [3.05, 3.63) is 21.6 Å². The number of terminal acetylenes is 1. The monoisotopic (exact) mass is 220 g/mol. The van der Waals surface area contributed by atoms with Gasteiger partial charge in [0.1, 0.15) is 0 Å². The van der Waals surface area contributed by atoms with Crippen LogP contribution in [-0.2, 0) is 12.8 Å². The summed E-state index contributed by atoms with van der Waals surface area (Å²) in [5.74, 6) is 3.06. The number of H-pyrrole nitrogens is 1. The van der Waals surface area contributed by atoms with Gasteiger partial charge >= 0.3 is 0 Å². The van der Waals surface area contributed by atoms with E-state index in [4.69, 9.17) is 6.42 Å². The van der Waals surface area contributed by atoms with Crippen molar-refractivity contribution in [3.63, 3.8) is 0 Å². The average Bonchev–Trinajstić information content (AvgIpc) is 2.26. The summed E-state index contributed by atoms with van der Waals surface area (Å²) in [4.78, 5) is 18.9. The maximum absolute atomic E-state index is 11.7. The Labute approximate surface area is 92.7 Å². The minimum absolute atomic E-state index is 0.0132. The van der Waals surface area contributed by atoms with Crippen molar-refractivity contribution in [2.75, 3.05) is 5.75 Å². The Bertz CT molecular complexity index is 459. The molecule has 0 saturated heterocycles. The van der Waals surface area contributed by atoms with Crippen molar-refractivity contribution in [1.29, 1.82) is 0 Å². The molecule has 0 radical (unpaired) electrons. The van der Waals surface area contributed by atoms with Gasteiger partial charge in [-0.3, -0.25) is 4.79 Å². The second kappa shape index (κ2) is 4.54. The molecular formula is C11H12N2OS. The predicted molar refractivity (Wildman–Crippen MR) is 61.1 cm³/mol. The van der Waals surface area contributed by atoms with Gasteiger partial charge in [-0.2, -0.15) is 0 Å². The molecule has 0 atom stereocenters. The van der Waals surface area contributed by atoms with Crippen molar-refractivity contribution in [3.8, 4) is 12.3 Å². The Balaban J connectivity index is 2.33. The first-order chi connectivity index (χ1) is 7.31. The average molecular weight is 220 g/mol. The fourth-order valence-electron chi connectivity index (χ4n) is 1.76. The molecule has 1 aliphatic rings. The minimum atomic E-state index is 0.0132. The maximum atomic E-state index is 11.7. The van der Waals surface area contributed by atoms with Gasteiger partial charge in [-0.05, 0) is 25.7 Å². The standard InChI is InChI=1S/C11H12N2OS/c1-2-7-15-11-12-9-6-4-3-5-8(9)10(14)13-11/h1H,3-7H2,(H,12,13,14). The number of fused-ring (bicyclic) bond motifs is 1. The van der Waals surface area contributed by atoms with E-state index in [1.807, 2.05) is 0 Å². The van der Waals surface area contributed by atoms with E-state index in [-0.39, 0.29) is 5.56 Å². The predicted octanol–water partition coefficient (Wildman–Crippen LogP) is 1.37. The van der Waals surface area contributed by atoms with E-state index in [2.05, 4.69) is 15.9 Å². The Morgan fingerprint density at radius 3 is 3.07 bits per heavy atom. The summed E-state index contributed by atoms with van der Waals surface area (Å²) in [6, 6.07) is 0. The van der Waals surface area contributed by atoms with Gasteiger partial charge in [0, 0.05) is 5.56 Å². The van der Waals surface area contributed by atoms with E-state index in [0.29, 0.717) is 10.9 Å². The van der Waals surface area contributed by atoms with Gasteiger partial charge in [0.05, 0.1) is 11.4 Å². The largest absolute Gasteiger partial charge is 0.301 e. The molecule has 4 heteroatoms. The molecule has 0 bridgehead atoms. The van der Waals surface area contributed by atoms with Crippen LogP contribution in [0.2, 0.25) is 0 Å². The Morgan fingerprint density at radius 1 is 1.47 bits per heavy atom. The third-order valence-electron chi connectivity index (χ3n) is 2.46. The topological polar surface area (TPSA) is 45.8 Å². The highest BCUT2D eigenvalue weighted by molar-refractivity contribution is 7.99. The highest BCUT2D eigenvalue weighted by Crippen LogP contribution is 2.18. The van der Waals surface area contributed by atoms with E-state index in [1.54, 1.807) is 0 Å². The second-order valence-corrected chi connectivity index (χ2v) is 4.46. The molecule has 3 nitrogen and oxygen atoms in total. The van der Waals surface area contributed by atoms with Crippen molar-refractivity contribution >= 4 is 11.8 Å². The summed E-state index contributed by atoms with van der Waals surface area (Å²) in [6.07, 6.45) is 9.16. The van der Waals surface area contributed by atoms with Crippen LogP contribution in [0.15, 0.2) is 9.95 Å². The molecule has 0 unspecified atom stereocenters. The van der Waals surface area contributed by atoms with Crippen LogP contribution >= 0.6 is 11.8 Å². The van der Waals surface area contributed by atoms with Crippen LogP contribution in [0.1, 0.15) is 24.1 Å². The van der Waals surface area contributed by atoms with Crippen LogP contribution < -0.4 is 5.56 Å². The quantitative estimate of drug-likeness (QED) is 0.465. The minimum Gasteiger partial charge on any atom is -0.301 e. The van der Waals surface area contributed by atoms with E-state index in [0.717, 1.165) is 36.9 Å². The molecule has 0 aromatic carbocycles. The van der Waals surface area contributed by atoms with Gasteiger partial charge in [0.25, 0.3) is 5.56 Å². The number of nitrogens with zero attached hydrogens (tertiary/aromatic N) is 1. The van der Waals surface area contributed by atoms with Crippen LogP contribution in [0.3, 0.4) is 0 Å². The summed E-state index contributed by atoms with van der Waals surface area (Å²) < 4.78 is 0. The first kappa shape index (κ1) is 10.3. The normalized spacial score (nSPS) is 14.3. The molecule has 1 aromatic heterocycles. The van der Waals surface area contributed by atoms with Gasteiger partial charge in [0.15, 0.2) is 5.16 Å². The zero-order valence-corrected chi connectivity index (χ0v) is 9.19. The molecule has 0 saturated carbocycles. The zero-order chi connectivity index (χ0) is 10.7. The van der Waals surface area contributed by atoms with Crippen molar-refractivity contribution < 1.29 is 0 Å². The lowest BCUT2D eigenvalue weighted by Gasteiger charge is -2.13. The fraction of sp³-hybridized carbons (Fsp3) is 0.455. The molecule has 15 heavy (non-hydrogen) atoms. The number of rotatable bonds is 2. The van der Waals surface area contributed by atoms with Gasteiger partial charge in [-0.15, -0.1) is 6.42 Å². The summed E-state index contributed by atoms with van der Waals surface area (Å²) in [6.45, 7) is 0. The van der Waals surface area contributed by atoms with Crippen LogP contribution in [0.5, 0.6) is 0 Å². The first-order valence-electron chi connectivity index (χ1n) is 4.99. The number of aromatic nitrogens is 2. The molecule has 0 aliphatic heterocycles. The molecule has 78 valence electrons. The maximum Gasteiger partial charge on any atom is 0.254 e. The van der Waals surface area contributed by atoms with Crippen molar-refractivity contribution in [1.82, 2.24) is 9.97 Å². The van der Waals surface area contributed by atoms with E-state index < -0.39 is 0 Å². The lowest BCUT2D eigenvalue weighted by molar-refractivity contribution is 0.641. The SMILES string of the molecule is C#CCSc1nc2c(c(=O)[nH]1)CCCC2. The van der Waals surface area contributed by atoms with Crippen LogP contribution in [-0.4, -0.2) is 15.7 Å². The Hall–Kier alpha value is -1.21. The highest BCUT2D eigenvalue weighted by atomic mass is 32.2.